The predicted octanol–water partition coefficient (Wildman–Crippen LogP) is 2.74. The summed E-state index contributed by atoms with van der Waals surface area (Å²) in [6.07, 6.45) is 2.90. The van der Waals surface area contributed by atoms with Gasteiger partial charge in [0.15, 0.2) is 0 Å². The van der Waals surface area contributed by atoms with E-state index in [9.17, 15) is 0 Å². The SMILES string of the molecule is CC1C(Nc2ccnc(N)c2)CCN1Cc1ccccc1. The molecule has 0 bridgehead atoms. The zero-order valence-electron chi connectivity index (χ0n) is 12.4. The zero-order valence-corrected chi connectivity index (χ0v) is 12.4. The second-order valence-electron chi connectivity index (χ2n) is 5.71. The van der Waals surface area contributed by atoms with Crippen LogP contribution in [-0.2, 0) is 6.54 Å². The van der Waals surface area contributed by atoms with Crippen molar-refractivity contribution in [2.24, 2.45) is 0 Å². The van der Waals surface area contributed by atoms with Gasteiger partial charge in [0.1, 0.15) is 5.82 Å². The fourth-order valence-corrected chi connectivity index (χ4v) is 2.99. The molecule has 2 heterocycles. The molecule has 3 rings (SSSR count). The summed E-state index contributed by atoms with van der Waals surface area (Å²) in [7, 11) is 0. The molecule has 110 valence electrons. The Kier molecular flexibility index (Phi) is 4.06. The molecule has 0 radical (unpaired) electrons. The van der Waals surface area contributed by atoms with Crippen LogP contribution in [0.25, 0.3) is 0 Å². The van der Waals surface area contributed by atoms with E-state index in [1.54, 1.807) is 6.20 Å². The number of nitrogens with one attached hydrogen (secondary N) is 1. The van der Waals surface area contributed by atoms with Crippen LogP contribution >= 0.6 is 0 Å². The Morgan fingerprint density at radius 2 is 2.10 bits per heavy atom. The minimum absolute atomic E-state index is 0.454. The number of rotatable bonds is 4. The van der Waals surface area contributed by atoms with Crippen molar-refractivity contribution in [1.82, 2.24) is 9.88 Å². The Morgan fingerprint density at radius 1 is 1.29 bits per heavy atom. The predicted molar refractivity (Wildman–Crippen MR) is 87.0 cm³/mol. The number of hydrogen-bond acceptors (Lipinski definition) is 4. The molecule has 1 aliphatic rings. The first-order valence-corrected chi connectivity index (χ1v) is 7.48. The Morgan fingerprint density at radius 3 is 2.86 bits per heavy atom. The number of aromatic nitrogens is 1. The molecule has 0 saturated carbocycles. The number of nitrogen functional groups attached to an aromatic ring is 1. The van der Waals surface area contributed by atoms with Crippen molar-refractivity contribution < 1.29 is 0 Å². The highest BCUT2D eigenvalue weighted by Gasteiger charge is 2.30. The molecular weight excluding hydrogens is 260 g/mol. The maximum Gasteiger partial charge on any atom is 0.125 e. The van der Waals surface area contributed by atoms with Crippen molar-refractivity contribution in [2.45, 2.75) is 32.0 Å². The summed E-state index contributed by atoms with van der Waals surface area (Å²) in [6, 6.07) is 15.5. The van der Waals surface area contributed by atoms with E-state index < -0.39 is 0 Å². The molecule has 1 aromatic heterocycles. The highest BCUT2D eigenvalue weighted by atomic mass is 15.2. The fraction of sp³-hybridized carbons (Fsp3) is 0.353. The molecule has 4 nitrogen and oxygen atoms in total. The van der Waals surface area contributed by atoms with Gasteiger partial charge in [0.2, 0.25) is 0 Å². The van der Waals surface area contributed by atoms with E-state index in [2.05, 4.69) is 52.5 Å². The van der Waals surface area contributed by atoms with Gasteiger partial charge in [-0.05, 0) is 25.0 Å². The fourth-order valence-electron chi connectivity index (χ4n) is 2.99. The number of hydrogen-bond donors (Lipinski definition) is 2. The summed E-state index contributed by atoms with van der Waals surface area (Å²) in [6.45, 7) is 4.42. The third-order valence-corrected chi connectivity index (χ3v) is 4.25. The van der Waals surface area contributed by atoms with E-state index in [1.165, 1.54) is 5.56 Å². The molecule has 21 heavy (non-hydrogen) atoms. The summed E-state index contributed by atoms with van der Waals surface area (Å²) in [5.41, 5.74) is 8.17. The monoisotopic (exact) mass is 282 g/mol. The zero-order chi connectivity index (χ0) is 14.7. The van der Waals surface area contributed by atoms with E-state index in [4.69, 9.17) is 5.73 Å². The number of nitrogens with two attached hydrogens (primary N) is 1. The molecule has 1 aromatic carbocycles. The lowest BCUT2D eigenvalue weighted by Crippen LogP contribution is -2.35. The van der Waals surface area contributed by atoms with Crippen LogP contribution in [0.5, 0.6) is 0 Å². The molecule has 1 aliphatic heterocycles. The molecular formula is C17H22N4. The second kappa shape index (κ2) is 6.14. The second-order valence-corrected chi connectivity index (χ2v) is 5.71. The van der Waals surface area contributed by atoms with Crippen LogP contribution in [0.3, 0.4) is 0 Å². The van der Waals surface area contributed by atoms with Gasteiger partial charge in [-0.1, -0.05) is 30.3 Å². The third-order valence-electron chi connectivity index (χ3n) is 4.25. The first-order chi connectivity index (χ1) is 10.2. The quantitative estimate of drug-likeness (QED) is 0.905. The van der Waals surface area contributed by atoms with Gasteiger partial charge in [0, 0.05) is 43.1 Å². The van der Waals surface area contributed by atoms with E-state index in [0.29, 0.717) is 17.9 Å². The van der Waals surface area contributed by atoms with Crippen molar-refractivity contribution in [2.75, 3.05) is 17.6 Å². The van der Waals surface area contributed by atoms with E-state index >= 15 is 0 Å². The van der Waals surface area contributed by atoms with Crippen LogP contribution in [0.15, 0.2) is 48.7 Å². The van der Waals surface area contributed by atoms with Crippen molar-refractivity contribution in [1.29, 1.82) is 0 Å². The molecule has 4 heteroatoms. The molecule has 1 fully saturated rings. The molecule has 0 amide bonds. The number of benzene rings is 1. The van der Waals surface area contributed by atoms with Gasteiger partial charge in [-0.3, -0.25) is 4.90 Å². The van der Waals surface area contributed by atoms with Crippen molar-refractivity contribution in [3.05, 3.63) is 54.2 Å². The standard InChI is InChI=1S/C17H22N4/c1-13-16(20-15-7-9-19-17(18)11-15)8-10-21(13)12-14-5-3-2-4-6-14/h2-7,9,11,13,16H,8,10,12H2,1H3,(H3,18,19,20). The number of likely N-dealkylation sites (tertiary alicyclic amines) is 1. The smallest absolute Gasteiger partial charge is 0.125 e. The lowest BCUT2D eigenvalue weighted by molar-refractivity contribution is 0.255. The minimum Gasteiger partial charge on any atom is -0.384 e. The van der Waals surface area contributed by atoms with Crippen LogP contribution in [0.4, 0.5) is 11.5 Å². The summed E-state index contributed by atoms with van der Waals surface area (Å²) in [4.78, 5) is 6.56. The molecule has 0 spiro atoms. The maximum atomic E-state index is 5.74. The Labute approximate surface area is 126 Å². The summed E-state index contributed by atoms with van der Waals surface area (Å²) < 4.78 is 0. The average Bonchev–Trinajstić information content (AvgIpc) is 2.82. The Bertz CT molecular complexity index is 584. The van der Waals surface area contributed by atoms with Gasteiger partial charge in [0.05, 0.1) is 0 Å². The van der Waals surface area contributed by atoms with Crippen LogP contribution in [0, 0.1) is 0 Å². The van der Waals surface area contributed by atoms with Gasteiger partial charge in [0.25, 0.3) is 0 Å². The highest BCUT2D eigenvalue weighted by Crippen LogP contribution is 2.24. The topological polar surface area (TPSA) is 54.2 Å². The number of nitrogens with zero attached hydrogens (tertiary/aromatic N) is 2. The minimum atomic E-state index is 0.454. The summed E-state index contributed by atoms with van der Waals surface area (Å²) >= 11 is 0. The van der Waals surface area contributed by atoms with Gasteiger partial charge >= 0.3 is 0 Å². The molecule has 1 saturated heterocycles. The van der Waals surface area contributed by atoms with Crippen LogP contribution < -0.4 is 11.1 Å². The normalized spacial score (nSPS) is 22.3. The van der Waals surface area contributed by atoms with Gasteiger partial charge in [-0.25, -0.2) is 4.98 Å². The van der Waals surface area contributed by atoms with E-state index in [-0.39, 0.29) is 0 Å². The molecule has 0 aliphatic carbocycles. The van der Waals surface area contributed by atoms with E-state index in [0.717, 1.165) is 25.2 Å². The largest absolute Gasteiger partial charge is 0.384 e. The lowest BCUT2D eigenvalue weighted by Gasteiger charge is -2.25. The third kappa shape index (κ3) is 3.34. The molecule has 3 N–H and O–H groups in total. The van der Waals surface area contributed by atoms with Gasteiger partial charge < -0.3 is 11.1 Å². The van der Waals surface area contributed by atoms with Crippen molar-refractivity contribution >= 4 is 11.5 Å². The summed E-state index contributed by atoms with van der Waals surface area (Å²) in [5.74, 6) is 0.562. The van der Waals surface area contributed by atoms with E-state index in [1.807, 2.05) is 12.1 Å². The van der Waals surface area contributed by atoms with Crippen LogP contribution in [0.1, 0.15) is 18.9 Å². The van der Waals surface area contributed by atoms with Gasteiger partial charge in [-0.15, -0.1) is 0 Å². The summed E-state index contributed by atoms with van der Waals surface area (Å²) in [5, 5.41) is 3.59. The highest BCUT2D eigenvalue weighted by molar-refractivity contribution is 5.50. The molecule has 2 unspecified atom stereocenters. The maximum absolute atomic E-state index is 5.74. The van der Waals surface area contributed by atoms with Crippen molar-refractivity contribution in [3.63, 3.8) is 0 Å². The number of anilines is 2. The molecule has 2 aromatic rings. The first-order valence-electron chi connectivity index (χ1n) is 7.48. The van der Waals surface area contributed by atoms with Crippen LogP contribution in [-0.4, -0.2) is 28.5 Å². The molecule has 2 atom stereocenters. The van der Waals surface area contributed by atoms with Crippen molar-refractivity contribution in [3.8, 4) is 0 Å². The lowest BCUT2D eigenvalue weighted by atomic mass is 10.1. The Hall–Kier alpha value is -2.07. The van der Waals surface area contributed by atoms with Gasteiger partial charge in [-0.2, -0.15) is 0 Å². The Balaban J connectivity index is 1.62. The number of pyridine rings is 1. The first kappa shape index (κ1) is 13.9. The van der Waals surface area contributed by atoms with Crippen LogP contribution in [0.2, 0.25) is 0 Å². The average molecular weight is 282 g/mol.